The predicted molar refractivity (Wildman–Crippen MR) is 113 cm³/mol. The van der Waals surface area contributed by atoms with Crippen LogP contribution in [0, 0.1) is 0 Å². The van der Waals surface area contributed by atoms with Crippen LogP contribution in [-0.4, -0.2) is 73.2 Å². The summed E-state index contributed by atoms with van der Waals surface area (Å²) in [5.41, 5.74) is 1.77. The number of imidazole rings is 2. The maximum atomic E-state index is 11.9. The Labute approximate surface area is 179 Å². The second-order valence-corrected chi connectivity index (χ2v) is 7.47. The van der Waals surface area contributed by atoms with Crippen LogP contribution in [0.5, 0.6) is 0 Å². The third-order valence-electron chi connectivity index (χ3n) is 4.78. The smallest absolute Gasteiger partial charge is 0.388 e. The molecule has 3 aromatic heterocycles. The normalized spacial score (nSPS) is 22.0. The van der Waals surface area contributed by atoms with E-state index in [1.54, 1.807) is 23.2 Å². The summed E-state index contributed by atoms with van der Waals surface area (Å²) in [5, 5.41) is 16.0. The third-order valence-corrected chi connectivity index (χ3v) is 5.29. The van der Waals surface area contributed by atoms with Crippen LogP contribution in [0.25, 0.3) is 17.2 Å². The number of aliphatic hydroxyl groups excluding tert-OH is 1. The second-order valence-electron chi connectivity index (χ2n) is 6.85. The van der Waals surface area contributed by atoms with Crippen LogP contribution in [0.4, 0.5) is 5.82 Å². The van der Waals surface area contributed by atoms with Crippen LogP contribution in [0.3, 0.4) is 0 Å². The van der Waals surface area contributed by atoms with Gasteiger partial charge in [-0.05, 0) is 6.08 Å². The number of aliphatic hydroxyl groups is 1. The summed E-state index contributed by atoms with van der Waals surface area (Å²) in [6, 6.07) is 0. The van der Waals surface area contributed by atoms with Gasteiger partial charge in [-0.1, -0.05) is 4.57 Å². The van der Waals surface area contributed by atoms with Crippen molar-refractivity contribution < 1.29 is 19.2 Å². The molecule has 0 saturated carbocycles. The van der Waals surface area contributed by atoms with Crippen LogP contribution in [0.15, 0.2) is 31.3 Å². The molecule has 4 atom stereocenters. The molecular formula is C18H22N8O4P+. The van der Waals surface area contributed by atoms with E-state index in [1.165, 1.54) is 18.7 Å². The molecule has 13 heteroatoms. The molecule has 0 bridgehead atoms. The first-order valence-corrected chi connectivity index (χ1v) is 10.6. The summed E-state index contributed by atoms with van der Waals surface area (Å²) in [5.74, 6) is 0.264. The first-order valence-electron chi connectivity index (χ1n) is 10.1. The van der Waals surface area contributed by atoms with Gasteiger partial charge in [0, 0.05) is 25.6 Å². The number of hydrogen-bond donors (Lipinski definition) is 4. The van der Waals surface area contributed by atoms with E-state index in [0.717, 1.165) is 5.69 Å². The molecule has 0 aromatic carbocycles. The Balaban J connectivity index is 1.34. The lowest BCUT2D eigenvalue weighted by atomic mass is 10.2. The fourth-order valence-corrected chi connectivity index (χ4v) is 3.74. The van der Waals surface area contributed by atoms with E-state index in [1.807, 2.05) is 0 Å². The second kappa shape index (κ2) is 9.73. The molecule has 12 nitrogen and oxygen atoms in total. The summed E-state index contributed by atoms with van der Waals surface area (Å²) >= 11 is 0. The highest BCUT2D eigenvalue weighted by atomic mass is 31.1. The summed E-state index contributed by atoms with van der Waals surface area (Å²) in [6.07, 6.45) is 7.38. The van der Waals surface area contributed by atoms with Gasteiger partial charge < -0.3 is 25.5 Å². The topological polar surface area (TPSA) is 160 Å². The van der Waals surface area contributed by atoms with Gasteiger partial charge in [0.1, 0.15) is 18.7 Å². The highest BCUT2D eigenvalue weighted by Gasteiger charge is 2.37. The average molecular weight is 447 g/mol. The number of nitrogens with zero attached hydrogens (tertiary/aromatic N) is 5. The van der Waals surface area contributed by atoms with E-state index in [4.69, 9.17) is 6.02 Å². The van der Waals surface area contributed by atoms with Gasteiger partial charge in [0.2, 0.25) is 5.91 Å². The van der Waals surface area contributed by atoms with E-state index >= 15 is 0 Å². The maximum absolute atomic E-state index is 11.9. The van der Waals surface area contributed by atoms with Crippen molar-refractivity contribution in [2.75, 3.05) is 24.6 Å². The molecule has 0 aliphatic carbocycles. The largest absolute Gasteiger partial charge is 0.390 e. The lowest BCUT2D eigenvalue weighted by Crippen LogP contribution is -2.27. The van der Waals surface area contributed by atoms with E-state index in [9.17, 15) is 14.5 Å². The number of fused-ring (bicyclic) bond motifs is 1. The standard InChI is InChI=1S/C18H21N8O4P/c27-12-5-15(30-13(12)7-31-29)26-10-25-16-17(23-9-24-18(16)26)21-4-3-20-14(28)2-1-11-6-19-8-22-11/h1-2,6,8-10,12-13,15,27H,3-5,7H2,(H,19,22)(H,20,28)(H,21,23,24)/p+1/b2-1+/i/hT. The molecule has 4 unspecified atom stereocenters. The molecule has 3 aromatic rings. The summed E-state index contributed by atoms with van der Waals surface area (Å²) in [7, 11) is -2.16. The van der Waals surface area contributed by atoms with Crippen molar-refractivity contribution in [3.05, 3.63) is 36.9 Å². The summed E-state index contributed by atoms with van der Waals surface area (Å²) < 4.78 is 25.9. The van der Waals surface area contributed by atoms with Gasteiger partial charge in [0.25, 0.3) is 0 Å². The summed E-state index contributed by atoms with van der Waals surface area (Å²) in [6.45, 7) is 0.781. The molecule has 0 spiro atoms. The third kappa shape index (κ3) is 4.93. The molecular weight excluding hydrogens is 423 g/mol. The quantitative estimate of drug-likeness (QED) is 0.208. The Hall–Kier alpha value is -3.21. The zero-order valence-corrected chi connectivity index (χ0v) is 17.3. The fraction of sp³-hybridized carbons (Fsp3) is 0.389. The van der Waals surface area contributed by atoms with E-state index in [0.29, 0.717) is 30.1 Å². The fourth-order valence-electron chi connectivity index (χ4n) is 3.26. The number of amides is 1. The van der Waals surface area contributed by atoms with Crippen molar-refractivity contribution in [2.24, 2.45) is 0 Å². The minimum absolute atomic E-state index is 0.0236. The van der Waals surface area contributed by atoms with Gasteiger partial charge in [-0.2, -0.15) is 0 Å². The Morgan fingerprint density at radius 1 is 1.45 bits per heavy atom. The highest BCUT2D eigenvalue weighted by molar-refractivity contribution is 7.23. The zero-order valence-electron chi connectivity index (χ0n) is 17.4. The Bertz CT molecular complexity index is 1120. The van der Waals surface area contributed by atoms with Crippen molar-refractivity contribution in [3.8, 4) is 0 Å². The van der Waals surface area contributed by atoms with Crippen molar-refractivity contribution in [1.82, 2.24) is 34.8 Å². The summed E-state index contributed by atoms with van der Waals surface area (Å²) in [4.78, 5) is 31.5. The number of anilines is 1. The molecule has 1 fully saturated rings. The number of aromatic nitrogens is 6. The van der Waals surface area contributed by atoms with Gasteiger partial charge in [0.05, 0.1) is 30.6 Å². The van der Waals surface area contributed by atoms with Crippen molar-refractivity contribution in [3.63, 3.8) is 0 Å². The van der Waals surface area contributed by atoms with Gasteiger partial charge in [-0.3, -0.25) is 9.36 Å². The Morgan fingerprint density at radius 3 is 3.16 bits per heavy atom. The van der Waals surface area contributed by atoms with E-state index in [2.05, 4.69) is 35.6 Å². The molecule has 0 radical (unpaired) electrons. The van der Waals surface area contributed by atoms with Crippen LogP contribution >= 0.6 is 8.41 Å². The molecule has 1 saturated heterocycles. The lowest BCUT2D eigenvalue weighted by molar-refractivity contribution is -0.116. The Kier molecular flexibility index (Phi) is 6.20. The van der Waals surface area contributed by atoms with Gasteiger partial charge in [0.15, 0.2) is 23.1 Å². The van der Waals surface area contributed by atoms with E-state index in [-0.39, 0.29) is 18.5 Å². The monoisotopic (exact) mass is 447 g/mol. The number of aromatic amines is 1. The minimum atomic E-state index is -2.16. The first kappa shape index (κ1) is 19.7. The van der Waals surface area contributed by atoms with Gasteiger partial charge >= 0.3 is 9.68 Å². The molecule has 31 heavy (non-hydrogen) atoms. The molecule has 162 valence electrons. The molecule has 4 N–H and O–H groups in total. The van der Waals surface area contributed by atoms with Gasteiger partial charge in [-0.25, -0.2) is 19.9 Å². The number of nitrogens with one attached hydrogen (secondary N) is 3. The highest BCUT2D eigenvalue weighted by Crippen LogP contribution is 2.32. The van der Waals surface area contributed by atoms with Crippen molar-refractivity contribution in [1.29, 1.82) is 1.28 Å². The number of hydrogen-bond acceptors (Lipinski definition) is 9. The van der Waals surface area contributed by atoms with Crippen molar-refractivity contribution in [2.45, 2.75) is 24.9 Å². The zero-order chi connectivity index (χ0) is 22.5. The predicted octanol–water partition coefficient (Wildman–Crippen LogP) is 0.463. The van der Waals surface area contributed by atoms with Gasteiger partial charge in [-0.15, -0.1) is 0 Å². The molecule has 1 aliphatic rings. The van der Waals surface area contributed by atoms with Crippen LogP contribution in [-0.2, 0) is 14.1 Å². The minimum Gasteiger partial charge on any atom is -0.390 e. The average Bonchev–Trinajstić information content (AvgIpc) is 3.50. The van der Waals surface area contributed by atoms with Crippen LogP contribution in [0.1, 0.15) is 18.3 Å². The Morgan fingerprint density at radius 2 is 2.35 bits per heavy atom. The van der Waals surface area contributed by atoms with Crippen LogP contribution < -0.4 is 10.6 Å². The van der Waals surface area contributed by atoms with E-state index < -0.39 is 26.8 Å². The molecule has 4 heterocycles. The molecule has 4 rings (SSSR count). The SMILES string of the molecule is [3H][P+](=O)CC1OC(n2cnc3c(NCCNC(=O)/C=C/c4cnc[nH]4)ncnc32)CC1O. The molecule has 1 amide bonds. The maximum Gasteiger partial charge on any atom is 0.388 e. The number of ether oxygens (including phenoxy) is 1. The molecule has 1 aliphatic heterocycles. The number of carbonyl (C=O) groups is 1. The number of carbonyl (C=O) groups excluding carboxylic acids is 1. The number of rotatable bonds is 9. The van der Waals surface area contributed by atoms with Crippen molar-refractivity contribution >= 4 is 37.4 Å². The lowest BCUT2D eigenvalue weighted by Gasteiger charge is -2.12. The first-order chi connectivity index (χ1) is 15.5. The van der Waals surface area contributed by atoms with Crippen LogP contribution in [0.2, 0.25) is 0 Å². The number of H-pyrrole nitrogens is 1.